The van der Waals surface area contributed by atoms with E-state index >= 15 is 0 Å². The van der Waals surface area contributed by atoms with Gasteiger partial charge in [0.15, 0.2) is 0 Å². The number of hydrogen-bond donors (Lipinski definition) is 1. The Morgan fingerprint density at radius 2 is 2.22 bits per heavy atom. The normalized spacial score (nSPS) is 21.5. The van der Waals surface area contributed by atoms with Crippen LogP contribution in [-0.2, 0) is 6.54 Å². The van der Waals surface area contributed by atoms with E-state index in [0.717, 1.165) is 23.6 Å². The van der Waals surface area contributed by atoms with E-state index in [9.17, 15) is 9.50 Å². The molecule has 2 heterocycles. The molecule has 0 radical (unpaired) electrons. The van der Waals surface area contributed by atoms with Gasteiger partial charge in [-0.3, -0.25) is 9.88 Å². The summed E-state index contributed by atoms with van der Waals surface area (Å²) in [5.74, 6) is 0.440. The number of aromatic nitrogens is 1. The summed E-state index contributed by atoms with van der Waals surface area (Å²) in [6.45, 7) is 4.18. The smallest absolute Gasteiger partial charge is 0.141 e. The SMILES string of the molecule is Cc1cccc(OC[C@]2(O)CCN(Cc3ccc(F)cn3)C2)c1. The third kappa shape index (κ3) is 4.27. The highest BCUT2D eigenvalue weighted by Gasteiger charge is 2.36. The molecule has 0 amide bonds. The standard InChI is InChI=1S/C18H21FN2O2/c1-14-3-2-4-17(9-14)23-13-18(22)7-8-21(12-18)11-16-6-5-15(19)10-20-16/h2-6,9-10,22H,7-8,11-13H2,1H3/t18-/m0/s1. The molecule has 0 aliphatic carbocycles. The molecule has 0 spiro atoms. The first kappa shape index (κ1) is 15.9. The van der Waals surface area contributed by atoms with Crippen molar-refractivity contribution in [3.8, 4) is 5.75 Å². The highest BCUT2D eigenvalue weighted by atomic mass is 19.1. The topological polar surface area (TPSA) is 45.6 Å². The number of aryl methyl sites for hydroxylation is 1. The lowest BCUT2D eigenvalue weighted by Crippen LogP contribution is -2.39. The fourth-order valence-corrected chi connectivity index (χ4v) is 2.85. The number of halogens is 1. The van der Waals surface area contributed by atoms with Crippen molar-refractivity contribution in [1.82, 2.24) is 9.88 Å². The van der Waals surface area contributed by atoms with Crippen LogP contribution >= 0.6 is 0 Å². The van der Waals surface area contributed by atoms with Crippen LogP contribution in [0.25, 0.3) is 0 Å². The fourth-order valence-electron chi connectivity index (χ4n) is 2.85. The maximum absolute atomic E-state index is 12.9. The van der Waals surface area contributed by atoms with Crippen LogP contribution in [0.15, 0.2) is 42.6 Å². The third-order valence-corrected chi connectivity index (χ3v) is 4.08. The van der Waals surface area contributed by atoms with E-state index < -0.39 is 5.60 Å². The first-order valence-electron chi connectivity index (χ1n) is 7.77. The maximum atomic E-state index is 12.9. The van der Waals surface area contributed by atoms with E-state index in [1.165, 1.54) is 12.3 Å². The van der Waals surface area contributed by atoms with Crippen LogP contribution in [0.5, 0.6) is 5.75 Å². The van der Waals surface area contributed by atoms with Crippen molar-refractivity contribution in [3.05, 3.63) is 59.7 Å². The third-order valence-electron chi connectivity index (χ3n) is 4.08. The minimum atomic E-state index is -0.857. The van der Waals surface area contributed by atoms with E-state index in [4.69, 9.17) is 4.74 Å². The van der Waals surface area contributed by atoms with E-state index in [0.29, 0.717) is 19.5 Å². The van der Waals surface area contributed by atoms with Crippen LogP contribution < -0.4 is 4.74 Å². The molecule has 5 heteroatoms. The number of nitrogens with zero attached hydrogens (tertiary/aromatic N) is 2. The molecule has 3 rings (SSSR count). The predicted octanol–water partition coefficient (Wildman–Crippen LogP) is 2.54. The highest BCUT2D eigenvalue weighted by molar-refractivity contribution is 5.27. The van der Waals surface area contributed by atoms with Crippen LogP contribution in [0, 0.1) is 12.7 Å². The molecule has 0 bridgehead atoms. The van der Waals surface area contributed by atoms with Gasteiger partial charge in [0.2, 0.25) is 0 Å². The minimum Gasteiger partial charge on any atom is -0.491 e. The van der Waals surface area contributed by atoms with Gasteiger partial charge in [0.05, 0.1) is 11.9 Å². The van der Waals surface area contributed by atoms with Gasteiger partial charge in [-0.05, 0) is 43.2 Å². The van der Waals surface area contributed by atoms with Crippen molar-refractivity contribution in [2.45, 2.75) is 25.5 Å². The van der Waals surface area contributed by atoms with E-state index in [1.54, 1.807) is 6.07 Å². The number of rotatable bonds is 5. The Balaban J connectivity index is 1.54. The van der Waals surface area contributed by atoms with Gasteiger partial charge in [-0.15, -0.1) is 0 Å². The summed E-state index contributed by atoms with van der Waals surface area (Å²) in [5, 5.41) is 10.7. The first-order chi connectivity index (χ1) is 11.0. The molecule has 1 atom stereocenters. The summed E-state index contributed by atoms with van der Waals surface area (Å²) in [7, 11) is 0. The van der Waals surface area contributed by atoms with Gasteiger partial charge in [-0.25, -0.2) is 4.39 Å². The number of ether oxygens (including phenoxy) is 1. The second-order valence-electron chi connectivity index (χ2n) is 6.26. The molecule has 1 fully saturated rings. The summed E-state index contributed by atoms with van der Waals surface area (Å²) < 4.78 is 18.6. The van der Waals surface area contributed by atoms with Crippen LogP contribution in [0.4, 0.5) is 4.39 Å². The maximum Gasteiger partial charge on any atom is 0.141 e. The number of hydrogen-bond acceptors (Lipinski definition) is 4. The number of pyridine rings is 1. The quantitative estimate of drug-likeness (QED) is 0.921. The van der Waals surface area contributed by atoms with Gasteiger partial charge >= 0.3 is 0 Å². The Hall–Kier alpha value is -1.98. The zero-order valence-corrected chi connectivity index (χ0v) is 13.2. The zero-order valence-electron chi connectivity index (χ0n) is 13.2. The van der Waals surface area contributed by atoms with Gasteiger partial charge < -0.3 is 9.84 Å². The Bertz CT molecular complexity index is 662. The van der Waals surface area contributed by atoms with Crippen molar-refractivity contribution in [2.24, 2.45) is 0 Å². The average Bonchev–Trinajstić information content (AvgIpc) is 2.90. The Morgan fingerprint density at radius 3 is 2.96 bits per heavy atom. The van der Waals surface area contributed by atoms with Crippen molar-refractivity contribution in [3.63, 3.8) is 0 Å². The number of likely N-dealkylation sites (tertiary alicyclic amines) is 1. The molecule has 23 heavy (non-hydrogen) atoms. The van der Waals surface area contributed by atoms with Crippen LogP contribution in [0.3, 0.4) is 0 Å². The molecule has 0 saturated carbocycles. The highest BCUT2D eigenvalue weighted by Crippen LogP contribution is 2.24. The van der Waals surface area contributed by atoms with Gasteiger partial charge in [0.1, 0.15) is 23.8 Å². The molecule has 1 aromatic carbocycles. The van der Waals surface area contributed by atoms with Crippen molar-refractivity contribution < 1.29 is 14.2 Å². The average molecular weight is 316 g/mol. The lowest BCUT2D eigenvalue weighted by atomic mass is 10.1. The Kier molecular flexibility index (Phi) is 4.59. The molecule has 1 N–H and O–H groups in total. The molecule has 1 aliphatic heterocycles. The molecule has 1 saturated heterocycles. The summed E-state index contributed by atoms with van der Waals surface area (Å²) in [5.41, 5.74) is 1.07. The van der Waals surface area contributed by atoms with Crippen molar-refractivity contribution in [1.29, 1.82) is 0 Å². The van der Waals surface area contributed by atoms with Crippen molar-refractivity contribution >= 4 is 0 Å². The van der Waals surface area contributed by atoms with E-state index in [1.807, 2.05) is 31.2 Å². The van der Waals surface area contributed by atoms with Gasteiger partial charge in [0, 0.05) is 19.6 Å². The molecular formula is C18H21FN2O2. The monoisotopic (exact) mass is 316 g/mol. The zero-order chi connectivity index (χ0) is 16.3. The van der Waals surface area contributed by atoms with Gasteiger partial charge in [-0.2, -0.15) is 0 Å². The number of aliphatic hydroxyl groups is 1. The molecule has 2 aromatic rings. The minimum absolute atomic E-state index is 0.268. The molecule has 0 unspecified atom stereocenters. The molecule has 1 aromatic heterocycles. The first-order valence-corrected chi connectivity index (χ1v) is 7.77. The molecule has 1 aliphatic rings. The molecule has 4 nitrogen and oxygen atoms in total. The molecular weight excluding hydrogens is 295 g/mol. The van der Waals surface area contributed by atoms with Gasteiger partial charge in [-0.1, -0.05) is 12.1 Å². The largest absolute Gasteiger partial charge is 0.491 e. The fraction of sp³-hybridized carbons (Fsp3) is 0.389. The van der Waals surface area contributed by atoms with Gasteiger partial charge in [0.25, 0.3) is 0 Å². The Labute approximate surface area is 135 Å². The lowest BCUT2D eigenvalue weighted by Gasteiger charge is -2.23. The van der Waals surface area contributed by atoms with Crippen molar-refractivity contribution in [2.75, 3.05) is 19.7 Å². The van der Waals surface area contributed by atoms with E-state index in [-0.39, 0.29) is 12.4 Å². The summed E-state index contributed by atoms with van der Waals surface area (Å²) in [6.07, 6.45) is 1.87. The second-order valence-corrected chi connectivity index (χ2v) is 6.26. The Morgan fingerprint density at radius 1 is 1.35 bits per heavy atom. The summed E-state index contributed by atoms with van der Waals surface area (Å²) in [4.78, 5) is 6.17. The van der Waals surface area contributed by atoms with Crippen LogP contribution in [0.2, 0.25) is 0 Å². The predicted molar refractivity (Wildman–Crippen MR) is 85.7 cm³/mol. The lowest BCUT2D eigenvalue weighted by molar-refractivity contribution is 0.00328. The summed E-state index contributed by atoms with van der Waals surface area (Å²) in [6, 6.07) is 10.9. The number of β-amino-alcohol motifs (C(OH)–C–C–N with tert-alkyl or cyclic N) is 1. The second kappa shape index (κ2) is 6.64. The summed E-state index contributed by atoms with van der Waals surface area (Å²) >= 11 is 0. The van der Waals surface area contributed by atoms with Crippen LogP contribution in [-0.4, -0.2) is 40.3 Å². The van der Waals surface area contributed by atoms with E-state index in [2.05, 4.69) is 9.88 Å². The molecule has 122 valence electrons. The number of benzene rings is 1. The van der Waals surface area contributed by atoms with Crippen LogP contribution in [0.1, 0.15) is 17.7 Å².